The Bertz CT molecular complexity index is 165. The van der Waals surface area contributed by atoms with E-state index in [-0.39, 0.29) is 14.9 Å². The van der Waals surface area contributed by atoms with Crippen molar-refractivity contribution < 1.29 is 4.48 Å². The zero-order chi connectivity index (χ0) is 9.47. The van der Waals surface area contributed by atoms with E-state index in [9.17, 15) is 0 Å². The van der Waals surface area contributed by atoms with Gasteiger partial charge in [-0.05, 0) is 0 Å². The first-order valence-corrected chi connectivity index (χ1v) is 10.7. The molecule has 92 valence electrons. The quantitative estimate of drug-likeness (QED) is 0.422. The maximum absolute atomic E-state index is 2.52. The number of halogens is 2. The van der Waals surface area contributed by atoms with Crippen molar-refractivity contribution in [1.82, 2.24) is 14.7 Å². The summed E-state index contributed by atoms with van der Waals surface area (Å²) in [4.78, 5) is 7.57. The molecular weight excluding hydrogens is 418 g/mol. The molecule has 4 bridgehead atoms. The summed E-state index contributed by atoms with van der Waals surface area (Å²) in [6, 6.07) is 0. The Morgan fingerprint density at radius 2 is 1.07 bits per heavy atom. The summed E-state index contributed by atoms with van der Waals surface area (Å²) in [5.41, 5.74) is 0. The molecule has 0 aliphatic carbocycles. The summed E-state index contributed by atoms with van der Waals surface area (Å²) in [7, 11) is 2.35. The highest BCUT2D eigenvalue weighted by atomic mass is 128. The van der Waals surface area contributed by atoms with E-state index < -0.39 is 0 Å². The van der Waals surface area contributed by atoms with E-state index in [4.69, 9.17) is 0 Å². The normalized spacial score (nSPS) is 44.6. The molecule has 0 aromatic carbocycles. The predicted octanol–water partition coefficient (Wildman–Crippen LogP) is 2.17. The maximum Gasteiger partial charge on any atom is 0.139 e. The third kappa shape index (κ3) is 3.38. The van der Waals surface area contributed by atoms with Gasteiger partial charge >= 0.3 is 0 Å². The summed E-state index contributed by atoms with van der Waals surface area (Å²) in [6.07, 6.45) is 0. The zero-order valence-corrected chi connectivity index (χ0v) is 12.1. The minimum Gasteiger partial charge on any atom is -0.288 e. The van der Waals surface area contributed by atoms with Crippen LogP contribution in [0.1, 0.15) is 14.9 Å². The van der Waals surface area contributed by atoms with E-state index in [1.54, 1.807) is 0 Å². The third-order valence-corrected chi connectivity index (χ3v) is 2.82. The van der Waals surface area contributed by atoms with Gasteiger partial charge in [-0.2, -0.15) is 0 Å². The summed E-state index contributed by atoms with van der Waals surface area (Å²) in [6.45, 7) is 7.37. The van der Waals surface area contributed by atoms with E-state index in [1.807, 2.05) is 0 Å². The average molecular weight is 441 g/mol. The van der Waals surface area contributed by atoms with E-state index in [1.165, 1.54) is 44.5 Å². The molecule has 6 heteroatoms. The highest BCUT2D eigenvalue weighted by Gasteiger charge is 2.45. The molecule has 4 heterocycles. The monoisotopic (exact) mass is 441 g/mol. The van der Waals surface area contributed by atoms with Crippen LogP contribution in [0.25, 0.3) is 0 Å². The smallest absolute Gasteiger partial charge is 0.139 e. The average Bonchev–Trinajstić information content (AvgIpc) is 2.02. The van der Waals surface area contributed by atoms with Gasteiger partial charge in [-0.3, -0.25) is 4.48 Å². The lowest BCUT2D eigenvalue weighted by atomic mass is 10.3. The number of hydrogen-bond acceptors (Lipinski definition) is 3. The van der Waals surface area contributed by atoms with Gasteiger partial charge in [-0.15, -0.1) is 0 Å². The van der Waals surface area contributed by atoms with Crippen LogP contribution in [0.5, 0.6) is 0 Å². The molecule has 0 N–H and O–H groups in total. The van der Waals surface area contributed by atoms with Crippen molar-refractivity contribution >= 4 is 37.2 Å². The fourth-order valence-corrected chi connectivity index (χ4v) is 2.83. The van der Waals surface area contributed by atoms with Crippen molar-refractivity contribution in [2.24, 2.45) is 0 Å². The van der Waals surface area contributed by atoms with E-state index in [0.717, 1.165) is 0 Å². The van der Waals surface area contributed by atoms with Gasteiger partial charge in [0.1, 0.15) is 20.0 Å². The summed E-state index contributed by atoms with van der Waals surface area (Å²) < 4.78 is 1.21. The molecule has 0 aromatic rings. The van der Waals surface area contributed by atoms with Crippen LogP contribution in [0.15, 0.2) is 0 Å². The molecular formula is C9H23I2N4+. The lowest BCUT2D eigenvalue weighted by molar-refractivity contribution is -0.963. The lowest BCUT2D eigenvalue weighted by Crippen LogP contribution is -2.77. The van der Waals surface area contributed by atoms with Crippen molar-refractivity contribution in [1.29, 1.82) is 0 Å². The molecule has 4 rings (SSSR count). The fraction of sp³-hybridized carbons (Fsp3) is 1.00. The minimum absolute atomic E-state index is 0. The molecule has 0 saturated carbocycles. The SMILES string of the molecule is C.C.C[N+]12CN3CN(CN(C3)C1)C2.II. The Balaban J connectivity index is 0.000000466. The van der Waals surface area contributed by atoms with E-state index in [2.05, 4.69) is 59.0 Å². The molecule has 0 spiro atoms. The number of hydrogen-bond donors (Lipinski definition) is 0. The predicted molar refractivity (Wildman–Crippen MR) is 82.4 cm³/mol. The first kappa shape index (κ1) is 16.3. The molecule has 0 amide bonds. The molecule has 0 unspecified atom stereocenters. The van der Waals surface area contributed by atoms with Crippen molar-refractivity contribution in [2.75, 3.05) is 47.1 Å². The summed E-state index contributed by atoms with van der Waals surface area (Å²) in [5.74, 6) is 0. The van der Waals surface area contributed by atoms with Crippen LogP contribution in [-0.4, -0.2) is 66.2 Å². The molecule has 4 aliphatic heterocycles. The molecule has 4 fully saturated rings. The second kappa shape index (κ2) is 6.29. The van der Waals surface area contributed by atoms with Crippen molar-refractivity contribution in [3.63, 3.8) is 0 Å². The molecule has 4 saturated heterocycles. The van der Waals surface area contributed by atoms with Gasteiger partial charge in [0.25, 0.3) is 0 Å². The number of quaternary nitrogens is 1. The van der Waals surface area contributed by atoms with Crippen LogP contribution in [-0.2, 0) is 0 Å². The lowest BCUT2D eigenvalue weighted by Gasteiger charge is -2.59. The van der Waals surface area contributed by atoms with Crippen molar-refractivity contribution in [3.05, 3.63) is 0 Å². The highest BCUT2D eigenvalue weighted by Crippen LogP contribution is 2.25. The van der Waals surface area contributed by atoms with Gasteiger partial charge in [0, 0.05) is 37.2 Å². The Morgan fingerprint density at radius 3 is 1.27 bits per heavy atom. The number of nitrogens with zero attached hydrogens (tertiary/aromatic N) is 4. The summed E-state index contributed by atoms with van der Waals surface area (Å²) in [5, 5.41) is 0. The van der Waals surface area contributed by atoms with Crippen LogP contribution in [0, 0.1) is 0 Å². The fourth-order valence-electron chi connectivity index (χ4n) is 2.83. The van der Waals surface area contributed by atoms with Gasteiger partial charge < -0.3 is 0 Å². The molecule has 4 nitrogen and oxygen atoms in total. The first-order valence-electron chi connectivity index (χ1n) is 4.38. The van der Waals surface area contributed by atoms with Crippen LogP contribution in [0.2, 0.25) is 0 Å². The second-order valence-corrected chi connectivity index (χ2v) is 4.48. The van der Waals surface area contributed by atoms with Crippen LogP contribution < -0.4 is 0 Å². The van der Waals surface area contributed by atoms with Gasteiger partial charge in [-0.1, -0.05) is 14.9 Å². The van der Waals surface area contributed by atoms with Crippen LogP contribution in [0.3, 0.4) is 0 Å². The molecule has 0 aromatic heterocycles. The maximum atomic E-state index is 2.52. The molecule has 4 aliphatic rings. The Hall–Kier alpha value is 1.30. The third-order valence-electron chi connectivity index (χ3n) is 2.82. The molecule has 15 heavy (non-hydrogen) atoms. The minimum atomic E-state index is 0. The molecule has 0 radical (unpaired) electrons. The van der Waals surface area contributed by atoms with Gasteiger partial charge in [0.15, 0.2) is 0 Å². The van der Waals surface area contributed by atoms with Crippen molar-refractivity contribution in [2.45, 2.75) is 14.9 Å². The number of rotatable bonds is 0. The summed E-state index contributed by atoms with van der Waals surface area (Å²) >= 11 is 4.24. The van der Waals surface area contributed by atoms with Crippen LogP contribution >= 0.6 is 37.2 Å². The van der Waals surface area contributed by atoms with Gasteiger partial charge in [-0.25, -0.2) is 14.7 Å². The largest absolute Gasteiger partial charge is 0.288 e. The Morgan fingerprint density at radius 1 is 0.800 bits per heavy atom. The Kier molecular flexibility index (Phi) is 6.84. The Labute approximate surface area is 117 Å². The zero-order valence-electron chi connectivity index (χ0n) is 7.79. The van der Waals surface area contributed by atoms with E-state index >= 15 is 0 Å². The molecule has 0 atom stereocenters. The standard InChI is InChI=1S/C7H15N4.2CH4.I2/c1-11-5-8-2-9(6-11)4-10(3-8)7-11;;;1-2/h2-7H2,1H3;2*1H4;/q+1;;;. The first-order chi connectivity index (χ1) is 6.23. The topological polar surface area (TPSA) is 9.72 Å². The van der Waals surface area contributed by atoms with Crippen molar-refractivity contribution in [3.8, 4) is 0 Å². The van der Waals surface area contributed by atoms with E-state index in [0.29, 0.717) is 0 Å². The highest BCUT2D eigenvalue weighted by molar-refractivity contribution is 15.0. The van der Waals surface area contributed by atoms with Crippen LogP contribution in [0.4, 0.5) is 0 Å². The second-order valence-electron chi connectivity index (χ2n) is 4.48. The van der Waals surface area contributed by atoms with Gasteiger partial charge in [0.2, 0.25) is 0 Å². The van der Waals surface area contributed by atoms with Gasteiger partial charge in [0.05, 0.1) is 27.1 Å².